The van der Waals surface area contributed by atoms with Crippen molar-refractivity contribution in [2.75, 3.05) is 37.8 Å². The molecule has 9 aromatic rings. The molecule has 137 heavy (non-hydrogen) atoms. The molecule has 9 rings (SSSR count). The maximum absolute atomic E-state index is 15.2. The van der Waals surface area contributed by atoms with Crippen LogP contribution >= 0.6 is 0 Å². The zero-order chi connectivity index (χ0) is 97.4. The van der Waals surface area contributed by atoms with Crippen LogP contribution in [0.4, 0.5) is 34.1 Å². The number of carbonyl (C=O) groups is 3. The van der Waals surface area contributed by atoms with E-state index in [2.05, 4.69) is 67.2 Å². The number of esters is 3. The highest BCUT2D eigenvalue weighted by atomic mass is 16.6. The molecule has 20 heteroatoms. The largest absolute Gasteiger partial charge is 0.494 e. The number of hydrogen-bond donors (Lipinski definition) is 0. The standard InChI is InChI=1S/C117H158N6O14/c1-12-20-26-32-35-38-39-42-45-51-81-131-102-73-67-94(68-74-102)91-55-61-97(62-56-91)115(124)135-110-83-103(118-121-106-84-113(134-90(11)54-48-31-25-17-6)107(122(18-7)19-8)86-112(106)136-116(125)98-63-57-92(58-64-98)95-69-75-100(76-70-95)129-79-49-43-40-36-33-27-21-13-2)109(132-88(9)52-46-29-23-15-4)82-104(110)119-120-105-85-114(108(123(127)128)87-111(105)133-89(10)53-47-30-24-16-5)137-117(126)99-65-59-93(60-66-99)96-71-77-101(78-72-96)130-80-50-44-41-37-34-28-22-14-3/h55-78,82-90H,12-54,79-81H2,1-11H3/t88-,89-,90-/m0/s1. The third-order valence-corrected chi connectivity index (χ3v) is 25.2. The Hall–Kier alpha value is -11.4. The fraction of sp³-hybridized carbons (Fsp3) is 0.513. The summed E-state index contributed by atoms with van der Waals surface area (Å²) in [6.07, 6.45) is 44.9. The Balaban J connectivity index is 1.10. The summed E-state index contributed by atoms with van der Waals surface area (Å²) in [6, 6.07) is 54.1. The fourth-order valence-electron chi connectivity index (χ4n) is 16.8. The Kier molecular flexibility index (Phi) is 50.4. The number of anilines is 1. The molecule has 9 aromatic carbocycles. The van der Waals surface area contributed by atoms with Crippen LogP contribution in [0.2, 0.25) is 0 Å². The van der Waals surface area contributed by atoms with Gasteiger partial charge >= 0.3 is 23.6 Å². The van der Waals surface area contributed by atoms with Gasteiger partial charge in [-0.15, -0.1) is 20.5 Å². The van der Waals surface area contributed by atoms with Gasteiger partial charge in [0.2, 0.25) is 5.75 Å². The quantitative estimate of drug-likeness (QED) is 0.00862. The van der Waals surface area contributed by atoms with E-state index in [4.69, 9.17) is 63.1 Å². The number of unbranched alkanes of at least 4 members (excludes halogenated alkanes) is 32. The third-order valence-electron chi connectivity index (χ3n) is 25.2. The van der Waals surface area contributed by atoms with Gasteiger partial charge in [0.1, 0.15) is 51.5 Å². The van der Waals surface area contributed by atoms with E-state index in [9.17, 15) is 19.7 Å². The number of nitro benzene ring substituents is 1. The SMILES string of the molecule is CCCCCCCCCCCCOc1ccc(-c2ccc(C(=O)Oc3cc(N=Nc4cc(O[C@@H](C)CCCCCC)c(N(CC)CC)cc4OC(=O)c4ccc(-c5ccc(OCCCCCCCCCC)cc5)cc4)c(O[C@@H](C)CCCCCC)cc3N=Nc3cc(OC(=O)c4ccc(-c5ccc(OCCCCCCCCCC)cc5)cc4)c([N+](=O)[O-])cc3O[C@@H](C)CCCCCC)cc2)cc1. The van der Waals surface area contributed by atoms with E-state index in [1.165, 1.54) is 147 Å². The van der Waals surface area contributed by atoms with Gasteiger partial charge in [0.15, 0.2) is 17.2 Å². The molecule has 740 valence electrons. The first kappa shape index (κ1) is 109. The predicted molar refractivity (Wildman–Crippen MR) is 558 cm³/mol. The van der Waals surface area contributed by atoms with Crippen molar-refractivity contribution < 1.29 is 61.9 Å². The lowest BCUT2D eigenvalue weighted by Gasteiger charge is -2.26. The Morgan fingerprint density at radius 1 is 0.285 bits per heavy atom. The topological polar surface area (TPSA) is 230 Å². The normalized spacial score (nSPS) is 12.1. The lowest BCUT2D eigenvalue weighted by atomic mass is 10.0. The summed E-state index contributed by atoms with van der Waals surface area (Å²) < 4.78 is 58.1. The van der Waals surface area contributed by atoms with Crippen molar-refractivity contribution in [3.63, 3.8) is 0 Å². The summed E-state index contributed by atoms with van der Waals surface area (Å²) in [4.78, 5) is 59.3. The van der Waals surface area contributed by atoms with E-state index in [-0.39, 0.29) is 63.0 Å². The molecule has 0 heterocycles. The third kappa shape index (κ3) is 38.8. The number of ether oxygens (including phenoxy) is 9. The Labute approximate surface area is 819 Å². The summed E-state index contributed by atoms with van der Waals surface area (Å²) in [5.74, 6) is 0.303. The second-order valence-corrected chi connectivity index (χ2v) is 36.7. The molecule has 0 saturated carbocycles. The van der Waals surface area contributed by atoms with Gasteiger partial charge in [-0.05, 0) is 199 Å². The Morgan fingerprint density at radius 2 is 0.518 bits per heavy atom. The average molecular weight is 1870 g/mol. The zero-order valence-electron chi connectivity index (χ0n) is 84.5. The highest BCUT2D eigenvalue weighted by Gasteiger charge is 2.28. The summed E-state index contributed by atoms with van der Waals surface area (Å²) in [5.41, 5.74) is 6.31. The van der Waals surface area contributed by atoms with Crippen LogP contribution in [0.5, 0.6) is 51.7 Å². The van der Waals surface area contributed by atoms with Gasteiger partial charge in [-0.3, -0.25) is 10.1 Å². The van der Waals surface area contributed by atoms with E-state index in [0.717, 1.165) is 173 Å². The molecular formula is C117H158N6O14. The highest BCUT2D eigenvalue weighted by molar-refractivity contribution is 5.95. The minimum atomic E-state index is -0.862. The molecule has 0 aliphatic rings. The summed E-state index contributed by atoms with van der Waals surface area (Å²) in [6.45, 7) is 26.4. The van der Waals surface area contributed by atoms with E-state index in [1.54, 1.807) is 66.7 Å². The molecule has 0 aliphatic heterocycles. The average Bonchev–Trinajstić information content (AvgIpc) is 0.796. The van der Waals surface area contributed by atoms with Crippen molar-refractivity contribution in [3.8, 4) is 85.1 Å². The number of nitrogens with zero attached hydrogens (tertiary/aromatic N) is 6. The first-order chi connectivity index (χ1) is 66.9. The van der Waals surface area contributed by atoms with Crippen LogP contribution in [0.3, 0.4) is 0 Å². The smallest absolute Gasteiger partial charge is 0.343 e. The van der Waals surface area contributed by atoms with Crippen molar-refractivity contribution in [3.05, 3.63) is 209 Å². The monoisotopic (exact) mass is 1870 g/mol. The van der Waals surface area contributed by atoms with Crippen LogP contribution in [0.15, 0.2) is 202 Å². The van der Waals surface area contributed by atoms with Gasteiger partial charge in [0, 0.05) is 43.4 Å². The summed E-state index contributed by atoms with van der Waals surface area (Å²) in [7, 11) is 0. The van der Waals surface area contributed by atoms with E-state index < -0.39 is 46.5 Å². The van der Waals surface area contributed by atoms with Gasteiger partial charge in [-0.25, -0.2) is 14.4 Å². The molecule has 0 saturated heterocycles. The minimum absolute atomic E-state index is 0.0179. The van der Waals surface area contributed by atoms with Crippen LogP contribution in [0, 0.1) is 10.1 Å². The molecule has 0 unspecified atom stereocenters. The second-order valence-electron chi connectivity index (χ2n) is 36.7. The van der Waals surface area contributed by atoms with Crippen LogP contribution in [0.1, 0.15) is 370 Å². The van der Waals surface area contributed by atoms with E-state index in [0.29, 0.717) is 62.8 Å². The van der Waals surface area contributed by atoms with Gasteiger partial charge < -0.3 is 47.5 Å². The van der Waals surface area contributed by atoms with Gasteiger partial charge in [0.05, 0.1) is 71.5 Å². The van der Waals surface area contributed by atoms with Crippen molar-refractivity contribution >= 4 is 52.0 Å². The number of hydrogen-bond acceptors (Lipinski definition) is 19. The molecule has 0 radical (unpaired) electrons. The van der Waals surface area contributed by atoms with E-state index in [1.807, 2.05) is 111 Å². The number of carbonyl (C=O) groups excluding carboxylic acids is 3. The Morgan fingerprint density at radius 3 is 0.818 bits per heavy atom. The lowest BCUT2D eigenvalue weighted by molar-refractivity contribution is -0.385. The first-order valence-corrected chi connectivity index (χ1v) is 52.4. The second kappa shape index (κ2) is 63.2. The molecule has 0 N–H and O–H groups in total. The molecule has 0 aromatic heterocycles. The molecule has 0 spiro atoms. The number of benzene rings is 9. The van der Waals surface area contributed by atoms with Gasteiger partial charge in [0.25, 0.3) is 0 Å². The molecular weight excluding hydrogens is 1710 g/mol. The fourth-order valence-corrected chi connectivity index (χ4v) is 16.8. The van der Waals surface area contributed by atoms with Crippen LogP contribution < -0.4 is 47.5 Å². The van der Waals surface area contributed by atoms with Crippen LogP contribution in [0.25, 0.3) is 33.4 Å². The van der Waals surface area contributed by atoms with Gasteiger partial charge in [-0.1, -0.05) is 320 Å². The first-order valence-electron chi connectivity index (χ1n) is 52.4. The summed E-state index contributed by atoms with van der Waals surface area (Å²) in [5, 5.41) is 33.0. The number of azo groups is 2. The Bertz CT molecular complexity index is 5040. The zero-order valence-corrected chi connectivity index (χ0v) is 84.5. The lowest BCUT2D eigenvalue weighted by Crippen LogP contribution is -2.24. The van der Waals surface area contributed by atoms with Crippen molar-refractivity contribution in [1.29, 1.82) is 0 Å². The maximum Gasteiger partial charge on any atom is 0.343 e. The molecule has 20 nitrogen and oxygen atoms in total. The van der Waals surface area contributed by atoms with E-state index >= 15 is 4.79 Å². The van der Waals surface area contributed by atoms with Crippen LogP contribution in [-0.4, -0.2) is 74.1 Å². The van der Waals surface area contributed by atoms with Crippen molar-refractivity contribution in [2.24, 2.45) is 20.5 Å². The highest BCUT2D eigenvalue weighted by Crippen LogP contribution is 2.48. The molecule has 3 atom stereocenters. The molecule has 0 bridgehead atoms. The van der Waals surface area contributed by atoms with Crippen LogP contribution in [-0.2, 0) is 0 Å². The molecule has 0 amide bonds. The number of nitro groups is 1. The molecule has 0 fully saturated rings. The van der Waals surface area contributed by atoms with Gasteiger partial charge in [-0.2, -0.15) is 0 Å². The summed E-state index contributed by atoms with van der Waals surface area (Å²) >= 11 is 0. The molecule has 0 aliphatic carbocycles. The number of rotatable bonds is 70. The van der Waals surface area contributed by atoms with Crippen molar-refractivity contribution in [1.82, 2.24) is 0 Å². The maximum atomic E-state index is 15.2. The van der Waals surface area contributed by atoms with Crippen molar-refractivity contribution in [2.45, 2.75) is 358 Å². The predicted octanol–water partition coefficient (Wildman–Crippen LogP) is 35.5. The minimum Gasteiger partial charge on any atom is -0.494 e.